The molecule has 34 rings (SSSR count). The maximum Gasteiger partial charge on any atom is 0.238 e. The zero-order valence-corrected chi connectivity index (χ0v) is 81.1. The van der Waals surface area contributed by atoms with Crippen LogP contribution in [0.5, 0.6) is 0 Å². The molecule has 668 valence electrons. The smallest absolute Gasteiger partial charge is 0.238 e. The van der Waals surface area contributed by atoms with Crippen LogP contribution in [0.3, 0.4) is 0 Å². The Balaban J connectivity index is 0.0000000974. The van der Waals surface area contributed by atoms with Crippen LogP contribution in [0.1, 0.15) is 0 Å². The van der Waals surface area contributed by atoms with Crippen LogP contribution >= 0.6 is 68.0 Å². The molecule has 144 heavy (non-hydrogen) atoms. The second-order valence-electron chi connectivity index (χ2n) is 37.1. The van der Waals surface area contributed by atoms with Crippen LogP contribution < -0.4 is 0 Å². The Labute approximate surface area is 841 Å². The molecule has 0 atom stereocenters. The number of fused-ring (bicyclic) bond motifs is 46. The van der Waals surface area contributed by atoms with Gasteiger partial charge >= 0.3 is 0 Å². The molecule has 0 amide bonds. The van der Waals surface area contributed by atoms with E-state index in [4.69, 9.17) is 34.3 Å². The van der Waals surface area contributed by atoms with Crippen molar-refractivity contribution in [3.05, 3.63) is 419 Å². The van der Waals surface area contributed by atoms with Gasteiger partial charge in [0.1, 0.15) is 5.58 Å². The molecule has 0 radical (unpaired) electrons. The van der Waals surface area contributed by atoms with Gasteiger partial charge in [-0.25, -0.2) is 24.9 Å². The van der Waals surface area contributed by atoms with E-state index >= 15 is 0 Å². The Morgan fingerprint density at radius 3 is 1.07 bits per heavy atom. The van der Waals surface area contributed by atoms with Crippen LogP contribution in [0.4, 0.5) is 0 Å². The zero-order valence-electron chi connectivity index (χ0n) is 76.2. The third kappa shape index (κ3) is 11.6. The Kier molecular flexibility index (Phi) is 17.4. The van der Waals surface area contributed by atoms with Crippen LogP contribution in [0.25, 0.3) is 314 Å². The van der Waals surface area contributed by atoms with Gasteiger partial charge in [-0.1, -0.05) is 352 Å². The molecule has 0 saturated carbocycles. The van der Waals surface area contributed by atoms with E-state index in [0.717, 1.165) is 104 Å². The van der Waals surface area contributed by atoms with Crippen molar-refractivity contribution in [3.63, 3.8) is 0 Å². The lowest BCUT2D eigenvalue weighted by Gasteiger charge is -2.12. The van der Waals surface area contributed by atoms with Crippen molar-refractivity contribution in [1.29, 1.82) is 0 Å². The molecular formula is C128H69N9OS6. The zero-order chi connectivity index (χ0) is 93.8. The molecule has 0 bridgehead atoms. The van der Waals surface area contributed by atoms with E-state index in [1.165, 1.54) is 187 Å². The molecule has 16 heteroatoms. The lowest BCUT2D eigenvalue weighted by Crippen LogP contribution is -2.03. The largest absolute Gasteiger partial charge is 0.437 e. The summed E-state index contributed by atoms with van der Waals surface area (Å²) >= 11 is 11.1. The number of aromatic nitrogens is 9. The summed E-state index contributed by atoms with van der Waals surface area (Å²) in [7, 11) is 0. The first-order valence-corrected chi connectivity index (χ1v) is 53.1. The molecule has 13 aromatic heterocycles. The SMILES string of the molecule is c1ccc(-c2nc(-n3c4ccccc4c4c5c6ccccc6sc5c5ccccc5c43)nc3c2sc2c4ccccc4ccc32)cc1.c1ccc(-c2nc(-n3c4ccccc4c4c5c6ccccc6sc5c5ccccc5c43)nc3oc4ccccc4c23)cc1.c1ccc2c(c1)ccc1sc3c(-c4ccc5sc6ccccc6c5c4)nc(-n4c5ccccc5c5c6c7ccccc7sc6c6ccccc6c54)nc3c12. The molecule has 0 fully saturated rings. The molecule has 0 spiro atoms. The quantitative estimate of drug-likeness (QED) is 0.163. The molecular weight excluding hydrogens is 1870 g/mol. The van der Waals surface area contributed by atoms with Crippen LogP contribution in [0.2, 0.25) is 0 Å². The Morgan fingerprint density at radius 2 is 0.542 bits per heavy atom. The van der Waals surface area contributed by atoms with E-state index in [2.05, 4.69) is 408 Å². The highest BCUT2D eigenvalue weighted by atomic mass is 32.1. The van der Waals surface area contributed by atoms with E-state index in [1.807, 2.05) is 69.6 Å². The molecule has 0 aliphatic heterocycles. The number of furan rings is 1. The topological polar surface area (TPSA) is 105 Å². The van der Waals surface area contributed by atoms with Crippen molar-refractivity contribution in [2.24, 2.45) is 0 Å². The van der Waals surface area contributed by atoms with Gasteiger partial charge in [-0.2, -0.15) is 4.98 Å². The summed E-state index contributed by atoms with van der Waals surface area (Å²) in [5.41, 5.74) is 16.1. The van der Waals surface area contributed by atoms with Gasteiger partial charge in [-0.15, -0.1) is 68.0 Å². The number of hydrogen-bond donors (Lipinski definition) is 0. The Morgan fingerprint density at radius 1 is 0.181 bits per heavy atom. The highest BCUT2D eigenvalue weighted by molar-refractivity contribution is 7.29. The molecule has 0 saturated heterocycles. The molecule has 0 unspecified atom stereocenters. The third-order valence-corrected chi connectivity index (χ3v) is 36.5. The number of rotatable bonds is 6. The lowest BCUT2D eigenvalue weighted by atomic mass is 10.00. The third-order valence-electron chi connectivity index (χ3n) is 29.4. The second kappa shape index (κ2) is 31.1. The monoisotopic (exact) mass is 1940 g/mol. The fourth-order valence-corrected chi connectivity index (χ4v) is 30.6. The highest BCUT2D eigenvalue weighted by Gasteiger charge is 2.32. The second-order valence-corrected chi connectivity index (χ2v) is 43.4. The van der Waals surface area contributed by atoms with Crippen molar-refractivity contribution in [2.45, 2.75) is 0 Å². The van der Waals surface area contributed by atoms with E-state index in [0.29, 0.717) is 23.6 Å². The highest BCUT2D eigenvalue weighted by Crippen LogP contribution is 2.55. The average molecular weight is 1940 g/mol. The van der Waals surface area contributed by atoms with E-state index in [9.17, 15) is 0 Å². The van der Waals surface area contributed by atoms with E-state index < -0.39 is 0 Å². The summed E-state index contributed by atoms with van der Waals surface area (Å²) in [4.78, 5) is 32.8. The standard InChI is InChI=1S/C48H25N3S3.C42H23N3S2.C38H21N3OS/c1-2-12-28-26(11-1)21-24-39-40(28)44-47(54-39)43(27-22-23-38-34(25-27)29-13-6-9-19-36(29)52-38)49-48(50-44)51-35-18-8-5-16-32(35)41-42-33-17-7-10-20-37(33)53-46(42)31-15-4-3-14-30(31)45(41)51;1-2-13-25(14-3-1)36-41-37(31-23-22-24-12-4-5-15-26(24)39(31)47-41)44-42(43-36)45-32-20-10-8-18-29(32)34-35-30-19-9-11-21-33(30)46-40(35)28-17-7-6-16-27(28)38(34)45;1-2-12-22(13-3-1)34-33-26-17-7-10-20-29(26)42-37(33)40-38(39-34)41-28-19-9-6-16-25(28)31-32-27-18-8-11-21-30(27)43-36(32)24-15-5-4-14-23(24)35(31)41/h1-25H;1-23H;1-21H. The number of para-hydroxylation sites is 4. The van der Waals surface area contributed by atoms with Crippen molar-refractivity contribution in [2.75, 3.05) is 0 Å². The molecule has 34 aromatic rings. The van der Waals surface area contributed by atoms with Crippen molar-refractivity contribution in [1.82, 2.24) is 43.6 Å². The minimum atomic E-state index is 0.586. The van der Waals surface area contributed by atoms with Crippen LogP contribution in [0.15, 0.2) is 423 Å². The van der Waals surface area contributed by atoms with Gasteiger partial charge < -0.3 is 4.42 Å². The van der Waals surface area contributed by atoms with Gasteiger partial charge in [-0.05, 0) is 88.3 Å². The van der Waals surface area contributed by atoms with E-state index in [1.54, 1.807) is 22.7 Å². The Hall–Kier alpha value is -17.3. The first kappa shape index (κ1) is 80.5. The first-order chi connectivity index (χ1) is 71.5. The summed E-state index contributed by atoms with van der Waals surface area (Å²) in [5, 5.41) is 34.3. The molecule has 13 heterocycles. The fraction of sp³-hybridized carbons (Fsp3) is 0. The van der Waals surface area contributed by atoms with E-state index in [-0.39, 0.29) is 0 Å². The summed E-state index contributed by atoms with van der Waals surface area (Å²) in [6.45, 7) is 0. The van der Waals surface area contributed by atoms with Gasteiger partial charge in [0.25, 0.3) is 0 Å². The van der Waals surface area contributed by atoms with Gasteiger partial charge in [0, 0.05) is 188 Å². The Bertz CT molecular complexity index is 11600. The molecule has 0 aliphatic carbocycles. The average Bonchev–Trinajstić information content (AvgIpc) is 1.54. The van der Waals surface area contributed by atoms with Crippen LogP contribution in [0, 0.1) is 0 Å². The number of thiophene rings is 6. The predicted molar refractivity (Wildman–Crippen MR) is 618 cm³/mol. The maximum absolute atomic E-state index is 6.42. The van der Waals surface area contributed by atoms with Gasteiger partial charge in [-0.3, -0.25) is 13.7 Å². The van der Waals surface area contributed by atoms with Crippen molar-refractivity contribution >= 4 is 331 Å². The summed E-state index contributed by atoms with van der Waals surface area (Å²) in [6.07, 6.45) is 0. The van der Waals surface area contributed by atoms with Crippen molar-refractivity contribution in [3.8, 4) is 51.6 Å². The minimum absolute atomic E-state index is 0.586. The molecule has 0 N–H and O–H groups in total. The summed E-state index contributed by atoms with van der Waals surface area (Å²) < 4.78 is 28.5. The molecule has 10 nitrogen and oxygen atoms in total. The molecule has 21 aromatic carbocycles. The molecule has 0 aliphatic rings. The number of benzene rings is 21. The summed E-state index contributed by atoms with van der Waals surface area (Å²) in [5.74, 6) is 1.98. The van der Waals surface area contributed by atoms with Crippen LogP contribution in [-0.2, 0) is 0 Å². The normalized spacial score (nSPS) is 12.3. The van der Waals surface area contributed by atoms with Crippen molar-refractivity contribution < 1.29 is 4.42 Å². The predicted octanol–water partition coefficient (Wildman–Crippen LogP) is 37.6. The van der Waals surface area contributed by atoms with Gasteiger partial charge in [0.05, 0.1) is 76.0 Å². The number of hydrogen-bond acceptors (Lipinski definition) is 13. The van der Waals surface area contributed by atoms with Gasteiger partial charge in [0.2, 0.25) is 23.6 Å². The van der Waals surface area contributed by atoms with Crippen LogP contribution in [-0.4, -0.2) is 43.6 Å². The summed E-state index contributed by atoms with van der Waals surface area (Å²) in [6, 6.07) is 150. The number of nitrogens with zero attached hydrogens (tertiary/aromatic N) is 9. The van der Waals surface area contributed by atoms with Gasteiger partial charge in [0.15, 0.2) is 0 Å². The first-order valence-electron chi connectivity index (χ1n) is 48.2. The lowest BCUT2D eigenvalue weighted by molar-refractivity contribution is 0.651. The minimum Gasteiger partial charge on any atom is -0.437 e. The fourth-order valence-electron chi connectivity index (χ4n) is 23.3. The maximum atomic E-state index is 6.42.